The van der Waals surface area contributed by atoms with E-state index < -0.39 is 7.81 Å². The molecule has 0 aromatic carbocycles. The molecule has 1 N–H and O–H groups in total. The summed E-state index contributed by atoms with van der Waals surface area (Å²) < 4.78 is 64.0. The first-order chi connectivity index (χ1) is 8.15. The number of esters is 1. The molecule has 0 spiro atoms. The quantitative estimate of drug-likeness (QED) is 0.494. The molecule has 1 unspecified atom stereocenters. The Morgan fingerprint density at radius 3 is 2.11 bits per heavy atom. The van der Waals surface area contributed by atoms with E-state index >= 15 is 0 Å². The summed E-state index contributed by atoms with van der Waals surface area (Å²) in [4.78, 5) is 15.5. The number of rotatable bonds is 3. The molecule has 114 valence electrons. The number of halogens is 6. The van der Waals surface area contributed by atoms with Crippen molar-refractivity contribution in [1.82, 2.24) is 0 Å². The molecular formula is C8H13F6N2O2P. The Kier molecular flexibility index (Phi) is 4.78. The minimum absolute atomic E-state index is 0.229. The number of carbonyl (C=O) groups excluding carboxylic acids is 1. The predicted molar refractivity (Wildman–Crippen MR) is 58.3 cm³/mol. The van der Waals surface area contributed by atoms with E-state index in [0.29, 0.717) is 6.61 Å². The summed E-state index contributed by atoms with van der Waals surface area (Å²) in [5.74, 6) is -0.229. The molecule has 0 saturated carbocycles. The van der Waals surface area contributed by atoms with Crippen LogP contribution in [0.3, 0.4) is 0 Å². The zero-order chi connectivity index (χ0) is 15.4. The normalized spacial score (nSPS) is 21.7. The van der Waals surface area contributed by atoms with Crippen LogP contribution in [0.25, 0.3) is 0 Å². The van der Waals surface area contributed by atoms with Crippen LogP contribution < -0.4 is 4.90 Å². The molecule has 1 aliphatic heterocycles. The number of nitrogens with zero attached hydrogens (tertiary/aromatic N) is 1. The third-order valence-electron chi connectivity index (χ3n) is 1.68. The van der Waals surface area contributed by atoms with Gasteiger partial charge in [-0.1, -0.05) is 0 Å². The SMILES string of the molecule is CC(=O)OCC[NH+]1C=NC=C1C.F[P-](F)(F)(F)(F)F. The predicted octanol–water partition coefficient (Wildman–Crippen LogP) is 2.72. The molecule has 0 amide bonds. The van der Waals surface area contributed by atoms with Gasteiger partial charge in [-0.3, -0.25) is 9.69 Å². The first-order valence-electron chi connectivity index (χ1n) is 4.91. The first kappa shape index (κ1) is 17.9. The van der Waals surface area contributed by atoms with Crippen LogP contribution in [0.1, 0.15) is 13.8 Å². The van der Waals surface area contributed by atoms with Crippen molar-refractivity contribution >= 4 is 20.1 Å². The van der Waals surface area contributed by atoms with E-state index in [-0.39, 0.29) is 5.97 Å². The molecule has 1 rings (SSSR count). The molecule has 4 nitrogen and oxygen atoms in total. The molecule has 0 aliphatic carbocycles. The van der Waals surface area contributed by atoms with Crippen LogP contribution in [-0.4, -0.2) is 25.5 Å². The number of carbonyl (C=O) groups is 1. The monoisotopic (exact) mass is 314 g/mol. The van der Waals surface area contributed by atoms with Gasteiger partial charge in [0.05, 0.1) is 6.20 Å². The molecule has 0 aromatic heterocycles. The standard InChI is InChI=1S/C8H12N2O2.F6P/c1-7-5-9-6-10(7)3-4-12-8(2)11;1-7(2,3,4,5)6/h5-6H,3-4H2,1-2H3;/q;-1/p+1. The van der Waals surface area contributed by atoms with E-state index in [1.165, 1.54) is 6.92 Å². The summed E-state index contributed by atoms with van der Waals surface area (Å²) in [5, 5.41) is 0. The van der Waals surface area contributed by atoms with Gasteiger partial charge in [-0.05, 0) is 0 Å². The van der Waals surface area contributed by atoms with Crippen LogP contribution >= 0.6 is 7.81 Å². The van der Waals surface area contributed by atoms with E-state index in [9.17, 15) is 30.0 Å². The number of ether oxygens (including phenoxy) is 1. The van der Waals surface area contributed by atoms with Crippen molar-refractivity contribution in [2.45, 2.75) is 13.8 Å². The number of allylic oxidation sites excluding steroid dienone is 1. The van der Waals surface area contributed by atoms with Crippen LogP contribution in [0.15, 0.2) is 16.9 Å². The van der Waals surface area contributed by atoms with Gasteiger partial charge in [0.1, 0.15) is 18.8 Å². The maximum atomic E-state index is 10.4. The Morgan fingerprint density at radius 2 is 1.79 bits per heavy atom. The van der Waals surface area contributed by atoms with Gasteiger partial charge < -0.3 is 4.74 Å². The molecule has 0 aromatic rings. The second kappa shape index (κ2) is 5.09. The fourth-order valence-corrected chi connectivity index (χ4v) is 0.990. The molecule has 1 heterocycles. The van der Waals surface area contributed by atoms with E-state index in [0.717, 1.165) is 17.1 Å². The molecule has 0 radical (unpaired) electrons. The number of hydrogen-bond acceptors (Lipinski definition) is 3. The van der Waals surface area contributed by atoms with Gasteiger partial charge in [-0.15, -0.1) is 0 Å². The minimum atomic E-state index is -10.7. The number of nitrogens with one attached hydrogen (secondary N) is 1. The van der Waals surface area contributed by atoms with Crippen LogP contribution in [-0.2, 0) is 9.53 Å². The van der Waals surface area contributed by atoms with Gasteiger partial charge in [0, 0.05) is 13.8 Å². The summed E-state index contributed by atoms with van der Waals surface area (Å²) in [6.45, 7) is 4.61. The van der Waals surface area contributed by atoms with Crippen molar-refractivity contribution in [2.24, 2.45) is 4.99 Å². The van der Waals surface area contributed by atoms with Gasteiger partial charge in [-0.25, -0.2) is 4.99 Å². The van der Waals surface area contributed by atoms with Crippen molar-refractivity contribution in [3.63, 3.8) is 0 Å². The van der Waals surface area contributed by atoms with Crippen molar-refractivity contribution in [2.75, 3.05) is 13.2 Å². The Hall–Kier alpha value is -1.15. The zero-order valence-electron chi connectivity index (χ0n) is 10.0. The van der Waals surface area contributed by atoms with Crippen LogP contribution in [0.4, 0.5) is 25.2 Å². The Morgan fingerprint density at radius 1 is 1.32 bits per heavy atom. The molecule has 0 fully saturated rings. The van der Waals surface area contributed by atoms with E-state index in [1.54, 1.807) is 6.34 Å². The van der Waals surface area contributed by atoms with Crippen LogP contribution in [0, 0.1) is 0 Å². The van der Waals surface area contributed by atoms with Gasteiger partial charge in [-0.2, -0.15) is 0 Å². The van der Waals surface area contributed by atoms with Gasteiger partial charge in [0.2, 0.25) is 0 Å². The maximum absolute atomic E-state index is 10.7. The number of quaternary nitrogens is 1. The van der Waals surface area contributed by atoms with Crippen molar-refractivity contribution in [3.8, 4) is 0 Å². The summed E-state index contributed by atoms with van der Waals surface area (Å²) in [6.07, 6.45) is 3.61. The molecule has 1 atom stereocenters. The Bertz CT molecular complexity index is 390. The van der Waals surface area contributed by atoms with Crippen LogP contribution in [0.2, 0.25) is 0 Å². The third-order valence-corrected chi connectivity index (χ3v) is 1.68. The second-order valence-electron chi connectivity index (χ2n) is 3.66. The summed E-state index contributed by atoms with van der Waals surface area (Å²) in [6, 6.07) is 0. The Labute approximate surface area is 105 Å². The van der Waals surface area contributed by atoms with Gasteiger partial charge in [0.25, 0.3) is 0 Å². The fourth-order valence-electron chi connectivity index (χ4n) is 0.990. The third kappa shape index (κ3) is 16.8. The zero-order valence-corrected chi connectivity index (χ0v) is 10.9. The average Bonchev–Trinajstić information content (AvgIpc) is 2.45. The van der Waals surface area contributed by atoms with Gasteiger partial charge >= 0.3 is 39.0 Å². The van der Waals surface area contributed by atoms with Crippen molar-refractivity contribution in [3.05, 3.63) is 11.9 Å². The number of aliphatic imine (C=N–C) groups is 1. The van der Waals surface area contributed by atoms with E-state index in [2.05, 4.69) is 4.99 Å². The van der Waals surface area contributed by atoms with E-state index in [4.69, 9.17) is 4.74 Å². The fraction of sp³-hybridized carbons (Fsp3) is 0.500. The van der Waals surface area contributed by atoms with Crippen LogP contribution in [0.5, 0.6) is 0 Å². The van der Waals surface area contributed by atoms with Gasteiger partial charge in [0.15, 0.2) is 6.34 Å². The first-order valence-corrected chi connectivity index (χ1v) is 6.94. The molecule has 0 saturated heterocycles. The van der Waals surface area contributed by atoms with Crippen molar-refractivity contribution in [1.29, 1.82) is 0 Å². The molecule has 19 heavy (non-hydrogen) atoms. The second-order valence-corrected chi connectivity index (χ2v) is 5.58. The molecular weight excluding hydrogens is 301 g/mol. The molecule has 11 heteroatoms. The summed E-state index contributed by atoms with van der Waals surface area (Å²) in [5.41, 5.74) is 1.15. The number of hydrogen-bond donors (Lipinski definition) is 1. The summed E-state index contributed by atoms with van der Waals surface area (Å²) in [7, 11) is -10.7. The molecule has 1 aliphatic rings. The summed E-state index contributed by atoms with van der Waals surface area (Å²) >= 11 is 0. The average molecular weight is 314 g/mol. The van der Waals surface area contributed by atoms with Crippen molar-refractivity contribution < 1.29 is 39.6 Å². The molecule has 0 bridgehead atoms. The topological polar surface area (TPSA) is 43.1 Å². The van der Waals surface area contributed by atoms with E-state index in [1.807, 2.05) is 13.1 Å². The Balaban J connectivity index is 0.000000399.